The lowest BCUT2D eigenvalue weighted by Gasteiger charge is -2.24. The summed E-state index contributed by atoms with van der Waals surface area (Å²) in [6.07, 6.45) is 5.32. The van der Waals surface area contributed by atoms with E-state index in [4.69, 9.17) is 16.7 Å². The SMILES string of the molecule is O=C(NCCc1ccc(Cl)cc1)[C@H]1CC=CC[C@H]1C(=O)O. The summed E-state index contributed by atoms with van der Waals surface area (Å²) in [7, 11) is 0. The first-order valence-corrected chi connectivity index (χ1v) is 7.35. The lowest BCUT2D eigenvalue weighted by atomic mass is 9.82. The highest BCUT2D eigenvalue weighted by Gasteiger charge is 2.33. The number of benzene rings is 1. The summed E-state index contributed by atoms with van der Waals surface area (Å²) in [5, 5.41) is 12.7. The standard InChI is InChI=1S/C16H18ClNO3/c17-12-7-5-11(6-8-12)9-10-18-15(19)13-3-1-2-4-14(13)16(20)21/h1-2,5-8,13-14H,3-4,9-10H2,(H,18,19)(H,20,21)/t13-,14+/m0/s1. The van der Waals surface area contributed by atoms with Crippen LogP contribution in [0.4, 0.5) is 0 Å². The Balaban J connectivity index is 1.85. The molecule has 0 aromatic heterocycles. The van der Waals surface area contributed by atoms with Gasteiger partial charge in [-0.15, -0.1) is 0 Å². The van der Waals surface area contributed by atoms with Crippen LogP contribution in [0.3, 0.4) is 0 Å². The maximum Gasteiger partial charge on any atom is 0.307 e. The second-order valence-corrected chi connectivity index (χ2v) is 5.60. The van der Waals surface area contributed by atoms with Gasteiger partial charge in [0.15, 0.2) is 0 Å². The molecule has 4 nitrogen and oxygen atoms in total. The van der Waals surface area contributed by atoms with E-state index in [1.54, 1.807) is 0 Å². The zero-order valence-electron chi connectivity index (χ0n) is 11.6. The fourth-order valence-corrected chi connectivity index (χ4v) is 2.62. The number of hydrogen-bond acceptors (Lipinski definition) is 2. The number of carboxylic acids is 1. The van der Waals surface area contributed by atoms with Crippen molar-refractivity contribution in [2.75, 3.05) is 6.54 Å². The van der Waals surface area contributed by atoms with Gasteiger partial charge in [-0.1, -0.05) is 35.9 Å². The molecule has 1 aliphatic carbocycles. The number of nitrogens with one attached hydrogen (secondary N) is 1. The van der Waals surface area contributed by atoms with Crippen molar-refractivity contribution in [3.8, 4) is 0 Å². The van der Waals surface area contributed by atoms with Crippen molar-refractivity contribution in [3.05, 3.63) is 47.0 Å². The van der Waals surface area contributed by atoms with Gasteiger partial charge in [0.1, 0.15) is 0 Å². The molecule has 2 rings (SSSR count). The highest BCUT2D eigenvalue weighted by atomic mass is 35.5. The average Bonchev–Trinajstić information content (AvgIpc) is 2.49. The van der Waals surface area contributed by atoms with Crippen LogP contribution in [0, 0.1) is 11.8 Å². The fourth-order valence-electron chi connectivity index (χ4n) is 2.49. The third kappa shape index (κ3) is 4.33. The molecule has 0 fully saturated rings. The number of amides is 1. The van der Waals surface area contributed by atoms with Gasteiger partial charge in [-0.2, -0.15) is 0 Å². The second kappa shape index (κ2) is 7.27. The van der Waals surface area contributed by atoms with Crippen LogP contribution in [0.25, 0.3) is 0 Å². The van der Waals surface area contributed by atoms with Gasteiger partial charge in [-0.25, -0.2) is 0 Å². The summed E-state index contributed by atoms with van der Waals surface area (Å²) in [6, 6.07) is 7.45. The Morgan fingerprint density at radius 3 is 2.38 bits per heavy atom. The molecule has 1 amide bonds. The van der Waals surface area contributed by atoms with Gasteiger partial charge in [-0.05, 0) is 37.0 Å². The highest BCUT2D eigenvalue weighted by molar-refractivity contribution is 6.30. The van der Waals surface area contributed by atoms with Crippen molar-refractivity contribution < 1.29 is 14.7 Å². The van der Waals surface area contributed by atoms with E-state index in [0.717, 1.165) is 5.56 Å². The van der Waals surface area contributed by atoms with E-state index < -0.39 is 17.8 Å². The van der Waals surface area contributed by atoms with Crippen LogP contribution in [0.2, 0.25) is 5.02 Å². The number of carboxylic acid groups (broad SMARTS) is 1. The van der Waals surface area contributed by atoms with Crippen LogP contribution < -0.4 is 5.32 Å². The molecule has 5 heteroatoms. The number of carbonyl (C=O) groups excluding carboxylic acids is 1. The molecule has 0 spiro atoms. The minimum absolute atomic E-state index is 0.180. The lowest BCUT2D eigenvalue weighted by Crippen LogP contribution is -2.39. The minimum Gasteiger partial charge on any atom is -0.481 e. The van der Waals surface area contributed by atoms with Crippen molar-refractivity contribution in [2.24, 2.45) is 11.8 Å². The quantitative estimate of drug-likeness (QED) is 0.822. The summed E-state index contributed by atoms with van der Waals surface area (Å²) < 4.78 is 0. The van der Waals surface area contributed by atoms with E-state index in [2.05, 4.69) is 5.32 Å². The molecule has 0 radical (unpaired) electrons. The average molecular weight is 308 g/mol. The van der Waals surface area contributed by atoms with E-state index >= 15 is 0 Å². The molecular weight excluding hydrogens is 290 g/mol. The van der Waals surface area contributed by atoms with E-state index in [-0.39, 0.29) is 5.91 Å². The van der Waals surface area contributed by atoms with E-state index in [9.17, 15) is 9.59 Å². The molecule has 1 aromatic rings. The molecule has 2 atom stereocenters. The van der Waals surface area contributed by atoms with Gasteiger partial charge in [0.25, 0.3) is 0 Å². The summed E-state index contributed by atoms with van der Waals surface area (Å²) in [4.78, 5) is 23.3. The number of rotatable bonds is 5. The molecule has 0 bridgehead atoms. The first-order chi connectivity index (χ1) is 10.1. The molecule has 21 heavy (non-hydrogen) atoms. The molecule has 0 heterocycles. The Morgan fingerprint density at radius 2 is 1.76 bits per heavy atom. The monoisotopic (exact) mass is 307 g/mol. The van der Waals surface area contributed by atoms with Crippen molar-refractivity contribution in [3.63, 3.8) is 0 Å². The first-order valence-electron chi connectivity index (χ1n) is 6.98. The molecule has 0 saturated carbocycles. The summed E-state index contributed by atoms with van der Waals surface area (Å²) in [5.74, 6) is -2.18. The van der Waals surface area contributed by atoms with E-state index in [0.29, 0.717) is 30.8 Å². The van der Waals surface area contributed by atoms with Crippen LogP contribution in [-0.4, -0.2) is 23.5 Å². The zero-order valence-corrected chi connectivity index (χ0v) is 12.3. The number of halogens is 1. The second-order valence-electron chi connectivity index (χ2n) is 5.16. The summed E-state index contributed by atoms with van der Waals surface area (Å²) in [5.41, 5.74) is 1.08. The molecule has 0 saturated heterocycles. The van der Waals surface area contributed by atoms with E-state index in [1.165, 1.54) is 0 Å². The zero-order chi connectivity index (χ0) is 15.2. The van der Waals surface area contributed by atoms with Crippen molar-refractivity contribution in [1.29, 1.82) is 0 Å². The molecule has 1 aromatic carbocycles. The Kier molecular flexibility index (Phi) is 5.39. The summed E-state index contributed by atoms with van der Waals surface area (Å²) in [6.45, 7) is 0.493. The third-order valence-corrected chi connectivity index (χ3v) is 3.96. The van der Waals surface area contributed by atoms with Crippen LogP contribution in [0.1, 0.15) is 18.4 Å². The topological polar surface area (TPSA) is 66.4 Å². The molecule has 1 aliphatic rings. The summed E-state index contributed by atoms with van der Waals surface area (Å²) >= 11 is 5.81. The molecule has 112 valence electrons. The van der Waals surface area contributed by atoms with E-state index in [1.807, 2.05) is 36.4 Å². The number of aliphatic carboxylic acids is 1. The van der Waals surface area contributed by atoms with Crippen molar-refractivity contribution >= 4 is 23.5 Å². The normalized spacial score (nSPS) is 21.0. The smallest absolute Gasteiger partial charge is 0.307 e. The van der Waals surface area contributed by atoms with Gasteiger partial charge in [0.05, 0.1) is 11.8 Å². The van der Waals surface area contributed by atoms with Crippen LogP contribution >= 0.6 is 11.6 Å². The molecular formula is C16H18ClNO3. The number of hydrogen-bond donors (Lipinski definition) is 2. The van der Waals surface area contributed by atoms with Crippen LogP contribution in [0.5, 0.6) is 0 Å². The van der Waals surface area contributed by atoms with Gasteiger partial charge in [-0.3, -0.25) is 9.59 Å². The van der Waals surface area contributed by atoms with Gasteiger partial charge < -0.3 is 10.4 Å². The first kappa shape index (κ1) is 15.6. The van der Waals surface area contributed by atoms with Gasteiger partial charge >= 0.3 is 5.97 Å². The Labute approximate surface area is 128 Å². The maximum atomic E-state index is 12.1. The predicted molar refractivity (Wildman–Crippen MR) is 81.2 cm³/mol. The largest absolute Gasteiger partial charge is 0.481 e. The minimum atomic E-state index is -0.905. The van der Waals surface area contributed by atoms with Crippen LogP contribution in [0.15, 0.2) is 36.4 Å². The number of carbonyl (C=O) groups is 2. The van der Waals surface area contributed by atoms with Crippen molar-refractivity contribution in [1.82, 2.24) is 5.32 Å². The molecule has 2 N–H and O–H groups in total. The fraction of sp³-hybridized carbons (Fsp3) is 0.375. The number of allylic oxidation sites excluding steroid dienone is 2. The molecule has 0 unspecified atom stereocenters. The Hall–Kier alpha value is -1.81. The van der Waals surface area contributed by atoms with Crippen molar-refractivity contribution in [2.45, 2.75) is 19.3 Å². The molecule has 0 aliphatic heterocycles. The van der Waals surface area contributed by atoms with Crippen LogP contribution in [-0.2, 0) is 16.0 Å². The van der Waals surface area contributed by atoms with Gasteiger partial charge in [0.2, 0.25) is 5.91 Å². The predicted octanol–water partition coefficient (Wildman–Crippen LogP) is 2.67. The third-order valence-electron chi connectivity index (χ3n) is 3.71. The van der Waals surface area contributed by atoms with Gasteiger partial charge in [0, 0.05) is 11.6 Å². The maximum absolute atomic E-state index is 12.1. The Morgan fingerprint density at radius 1 is 1.14 bits per heavy atom. The highest BCUT2D eigenvalue weighted by Crippen LogP contribution is 2.25. The Bertz CT molecular complexity index is 539. The lowest BCUT2D eigenvalue weighted by molar-refractivity contribution is -0.147.